The van der Waals surface area contributed by atoms with Gasteiger partial charge in [0.25, 0.3) is 5.91 Å². The first-order valence-corrected chi connectivity index (χ1v) is 9.77. The van der Waals surface area contributed by atoms with E-state index < -0.39 is 0 Å². The summed E-state index contributed by atoms with van der Waals surface area (Å²) < 4.78 is 0. The zero-order valence-electron chi connectivity index (χ0n) is 14.7. The number of fused-ring (bicyclic) bond motifs is 3. The molecule has 2 bridgehead atoms. The zero-order chi connectivity index (χ0) is 18.1. The Morgan fingerprint density at radius 1 is 1.19 bits per heavy atom. The van der Waals surface area contributed by atoms with Crippen molar-refractivity contribution < 1.29 is 9.59 Å². The lowest BCUT2D eigenvalue weighted by molar-refractivity contribution is -0.114. The molecule has 2 aromatic rings. The van der Waals surface area contributed by atoms with Gasteiger partial charge in [-0.1, -0.05) is 12.1 Å². The number of aromatic nitrogens is 1. The van der Waals surface area contributed by atoms with E-state index in [0.717, 1.165) is 35.8 Å². The van der Waals surface area contributed by atoms with Crippen LogP contribution in [0.25, 0.3) is 10.4 Å². The number of benzene rings is 1. The summed E-state index contributed by atoms with van der Waals surface area (Å²) >= 11 is 1.40. The smallest absolute Gasteiger partial charge is 0.280 e. The Kier molecular flexibility index (Phi) is 4.74. The maximum Gasteiger partial charge on any atom is 0.280 e. The van der Waals surface area contributed by atoms with Crippen LogP contribution >= 0.6 is 11.3 Å². The van der Waals surface area contributed by atoms with E-state index >= 15 is 0 Å². The van der Waals surface area contributed by atoms with Crippen LogP contribution < -0.4 is 10.6 Å². The van der Waals surface area contributed by atoms with Gasteiger partial charge >= 0.3 is 0 Å². The van der Waals surface area contributed by atoms with Gasteiger partial charge in [0.05, 0.1) is 4.88 Å². The van der Waals surface area contributed by atoms with Crippen molar-refractivity contribution in [1.29, 1.82) is 0 Å². The third-order valence-electron chi connectivity index (χ3n) is 5.16. The first kappa shape index (κ1) is 17.2. The summed E-state index contributed by atoms with van der Waals surface area (Å²) in [6.07, 6.45) is 4.09. The number of hydrogen-bond acceptors (Lipinski definition) is 5. The lowest BCUT2D eigenvalue weighted by atomic mass is 9.84. The zero-order valence-corrected chi connectivity index (χ0v) is 15.5. The number of amides is 2. The highest BCUT2D eigenvalue weighted by atomic mass is 32.1. The van der Waals surface area contributed by atoms with Gasteiger partial charge in [-0.2, -0.15) is 0 Å². The van der Waals surface area contributed by atoms with Crippen molar-refractivity contribution in [2.75, 3.05) is 25.0 Å². The fourth-order valence-corrected chi connectivity index (χ4v) is 4.62. The van der Waals surface area contributed by atoms with E-state index in [-0.39, 0.29) is 17.9 Å². The number of carbonyl (C=O) groups is 2. The van der Waals surface area contributed by atoms with Gasteiger partial charge in [0, 0.05) is 31.4 Å². The molecule has 3 aliphatic heterocycles. The molecule has 7 heteroatoms. The van der Waals surface area contributed by atoms with Gasteiger partial charge in [0.1, 0.15) is 0 Å². The molecule has 3 fully saturated rings. The topological polar surface area (TPSA) is 74.3 Å². The largest absolute Gasteiger partial charge is 0.346 e. The van der Waals surface area contributed by atoms with E-state index in [1.165, 1.54) is 31.1 Å². The first-order chi connectivity index (χ1) is 12.6. The van der Waals surface area contributed by atoms with Crippen LogP contribution in [0.5, 0.6) is 0 Å². The fraction of sp³-hybridized carbons (Fsp3) is 0.421. The highest BCUT2D eigenvalue weighted by molar-refractivity contribution is 7.16. The van der Waals surface area contributed by atoms with Crippen LogP contribution in [0.4, 0.5) is 5.69 Å². The minimum atomic E-state index is -0.0951. The average Bonchev–Trinajstić information content (AvgIpc) is 3.13. The standard InChI is InChI=1S/C19H22N4O2S/c1-12(24)21-15-4-2-14(3-5-15)17-10-20-19(26-17)18(25)22-16-11-23-8-6-13(16)7-9-23/h2-5,10,13,16H,6-9,11H2,1H3,(H,21,24)(H,22,25). The van der Waals surface area contributed by atoms with Crippen LogP contribution in [0.15, 0.2) is 30.5 Å². The molecule has 0 aliphatic carbocycles. The Hall–Kier alpha value is -2.25. The summed E-state index contributed by atoms with van der Waals surface area (Å²) in [5.41, 5.74) is 1.74. The number of anilines is 1. The predicted octanol–water partition coefficient (Wildman–Crippen LogP) is 2.59. The van der Waals surface area contributed by atoms with Gasteiger partial charge in [-0.3, -0.25) is 9.59 Å². The number of carbonyl (C=O) groups excluding carboxylic acids is 2. The normalized spacial score (nSPS) is 24.3. The maximum absolute atomic E-state index is 12.6. The summed E-state index contributed by atoms with van der Waals surface area (Å²) in [6, 6.07) is 7.79. The number of piperidine rings is 3. The molecule has 0 spiro atoms. The Morgan fingerprint density at radius 3 is 2.54 bits per heavy atom. The minimum Gasteiger partial charge on any atom is -0.346 e. The van der Waals surface area contributed by atoms with Crippen LogP contribution in [0.3, 0.4) is 0 Å². The molecule has 3 saturated heterocycles. The molecular weight excluding hydrogens is 348 g/mol. The molecule has 0 saturated carbocycles. The second-order valence-corrected chi connectivity index (χ2v) is 8.04. The van der Waals surface area contributed by atoms with Gasteiger partial charge in [-0.05, 0) is 49.5 Å². The quantitative estimate of drug-likeness (QED) is 0.868. The molecule has 6 nitrogen and oxygen atoms in total. The van der Waals surface area contributed by atoms with Crippen LogP contribution in [0.2, 0.25) is 0 Å². The van der Waals surface area contributed by atoms with E-state index in [4.69, 9.17) is 0 Å². The maximum atomic E-state index is 12.6. The van der Waals surface area contributed by atoms with Gasteiger partial charge in [0.15, 0.2) is 5.01 Å². The molecule has 136 valence electrons. The van der Waals surface area contributed by atoms with E-state index in [1.807, 2.05) is 24.3 Å². The van der Waals surface area contributed by atoms with Gasteiger partial charge in [-0.15, -0.1) is 11.3 Å². The average molecular weight is 370 g/mol. The Balaban J connectivity index is 1.42. The molecule has 0 radical (unpaired) electrons. The number of rotatable bonds is 4. The van der Waals surface area contributed by atoms with Crippen molar-refractivity contribution in [3.05, 3.63) is 35.5 Å². The molecule has 4 heterocycles. The van der Waals surface area contributed by atoms with Crippen LogP contribution in [-0.2, 0) is 4.79 Å². The van der Waals surface area contributed by atoms with Crippen molar-refractivity contribution in [2.24, 2.45) is 5.92 Å². The highest BCUT2D eigenvalue weighted by Crippen LogP contribution is 2.29. The molecule has 1 unspecified atom stereocenters. The van der Waals surface area contributed by atoms with Crippen molar-refractivity contribution in [1.82, 2.24) is 15.2 Å². The molecule has 1 aromatic carbocycles. The molecule has 5 rings (SSSR count). The van der Waals surface area contributed by atoms with E-state index in [9.17, 15) is 9.59 Å². The van der Waals surface area contributed by atoms with Crippen LogP contribution in [0, 0.1) is 5.92 Å². The molecule has 2 amide bonds. The molecular formula is C19H22N4O2S. The second kappa shape index (κ2) is 7.17. The van der Waals surface area contributed by atoms with E-state index in [2.05, 4.69) is 20.5 Å². The van der Waals surface area contributed by atoms with Crippen LogP contribution in [0.1, 0.15) is 29.6 Å². The van der Waals surface area contributed by atoms with Crippen molar-refractivity contribution >= 4 is 28.8 Å². The van der Waals surface area contributed by atoms with Crippen molar-refractivity contribution in [3.63, 3.8) is 0 Å². The Labute approximate surface area is 156 Å². The summed E-state index contributed by atoms with van der Waals surface area (Å²) in [7, 11) is 0. The number of thiazole rings is 1. The number of nitrogens with zero attached hydrogens (tertiary/aromatic N) is 2. The molecule has 26 heavy (non-hydrogen) atoms. The third kappa shape index (κ3) is 3.64. The SMILES string of the molecule is CC(=O)Nc1ccc(-c2cnc(C(=O)NC3CN4CCC3CC4)s2)cc1. The third-order valence-corrected chi connectivity index (χ3v) is 6.21. The summed E-state index contributed by atoms with van der Waals surface area (Å²) in [5.74, 6) is 0.432. The summed E-state index contributed by atoms with van der Waals surface area (Å²) in [6.45, 7) is 4.76. The summed E-state index contributed by atoms with van der Waals surface area (Å²) in [5, 5.41) is 6.43. The molecule has 1 aromatic heterocycles. The van der Waals surface area contributed by atoms with E-state index in [1.54, 1.807) is 6.20 Å². The van der Waals surface area contributed by atoms with Crippen LogP contribution in [-0.4, -0.2) is 47.4 Å². The van der Waals surface area contributed by atoms with Crippen molar-refractivity contribution in [2.45, 2.75) is 25.8 Å². The van der Waals surface area contributed by atoms with Gasteiger partial charge < -0.3 is 15.5 Å². The van der Waals surface area contributed by atoms with E-state index in [0.29, 0.717) is 10.9 Å². The Bertz CT molecular complexity index is 809. The summed E-state index contributed by atoms with van der Waals surface area (Å²) in [4.78, 5) is 31.4. The second-order valence-electron chi connectivity index (χ2n) is 7.01. The number of hydrogen-bond donors (Lipinski definition) is 2. The minimum absolute atomic E-state index is 0.0742. The lowest BCUT2D eigenvalue weighted by Crippen LogP contribution is -2.57. The Morgan fingerprint density at radius 2 is 1.92 bits per heavy atom. The highest BCUT2D eigenvalue weighted by Gasteiger charge is 2.35. The van der Waals surface area contributed by atoms with Gasteiger partial charge in [0.2, 0.25) is 5.91 Å². The van der Waals surface area contributed by atoms with Crippen molar-refractivity contribution in [3.8, 4) is 10.4 Å². The predicted molar refractivity (Wildman–Crippen MR) is 102 cm³/mol. The van der Waals surface area contributed by atoms with Gasteiger partial charge in [-0.25, -0.2) is 4.98 Å². The monoisotopic (exact) mass is 370 g/mol. The number of nitrogens with one attached hydrogen (secondary N) is 2. The molecule has 2 N–H and O–H groups in total. The molecule has 3 aliphatic rings. The molecule has 1 atom stereocenters. The lowest BCUT2D eigenvalue weighted by Gasteiger charge is -2.44. The fourth-order valence-electron chi connectivity index (χ4n) is 3.79. The first-order valence-electron chi connectivity index (χ1n) is 8.95.